The average molecular weight is 411 g/mol. The number of benzene rings is 1. The number of nitrogens with one attached hydrogen (secondary N) is 1. The molecule has 1 aliphatic heterocycles. The predicted octanol–water partition coefficient (Wildman–Crippen LogP) is 3.12. The highest BCUT2D eigenvalue weighted by Gasteiger charge is 2.31. The molecule has 0 atom stereocenters. The predicted molar refractivity (Wildman–Crippen MR) is 114 cm³/mol. The number of nitrogens with two attached hydrogens (primary N) is 1. The number of thiophene rings is 1. The maximum atomic E-state index is 12.8. The van der Waals surface area contributed by atoms with E-state index in [1.54, 1.807) is 11.3 Å². The summed E-state index contributed by atoms with van der Waals surface area (Å²) in [5.74, 6) is -0.147. The molecular formula is C19H18N6OS2. The summed E-state index contributed by atoms with van der Waals surface area (Å²) in [6.07, 6.45) is 0. The fraction of sp³-hybridized carbons (Fsp3) is 0.263. The normalized spacial score (nSPS) is 14.6. The number of hydrogen-bond donors (Lipinski definition) is 2. The Morgan fingerprint density at radius 1 is 1.21 bits per heavy atom. The van der Waals surface area contributed by atoms with Crippen LogP contribution >= 0.6 is 22.7 Å². The van der Waals surface area contributed by atoms with Crippen LogP contribution in [0.4, 0.5) is 10.8 Å². The lowest BCUT2D eigenvalue weighted by Crippen LogP contribution is -2.59. The number of aromatic nitrogens is 3. The van der Waals surface area contributed by atoms with Gasteiger partial charge in [0.15, 0.2) is 5.13 Å². The van der Waals surface area contributed by atoms with Gasteiger partial charge in [-0.15, -0.1) is 16.4 Å². The highest BCUT2D eigenvalue weighted by molar-refractivity contribution is 7.22. The fourth-order valence-corrected chi connectivity index (χ4v) is 5.37. The summed E-state index contributed by atoms with van der Waals surface area (Å²) in [5.41, 5.74) is 9.58. The molecule has 1 aliphatic rings. The Balaban J connectivity index is 1.30. The van der Waals surface area contributed by atoms with E-state index in [-0.39, 0.29) is 11.9 Å². The largest absolute Gasteiger partial charge is 0.397 e. The van der Waals surface area contributed by atoms with E-state index in [0.717, 1.165) is 40.4 Å². The van der Waals surface area contributed by atoms with Crippen LogP contribution in [0.3, 0.4) is 0 Å². The van der Waals surface area contributed by atoms with E-state index in [2.05, 4.69) is 31.5 Å². The lowest BCUT2D eigenvalue weighted by Gasteiger charge is -2.39. The molecule has 0 radical (unpaired) electrons. The van der Waals surface area contributed by atoms with E-state index in [9.17, 15) is 4.79 Å². The zero-order chi connectivity index (χ0) is 19.4. The molecule has 4 aromatic rings. The first-order valence-electron chi connectivity index (χ1n) is 8.94. The summed E-state index contributed by atoms with van der Waals surface area (Å²) in [7, 11) is 0. The lowest BCUT2D eigenvalue weighted by molar-refractivity contribution is 0.0935. The molecule has 0 aliphatic carbocycles. The van der Waals surface area contributed by atoms with Gasteiger partial charge in [-0.2, -0.15) is 5.10 Å². The molecule has 0 spiro atoms. The van der Waals surface area contributed by atoms with E-state index < -0.39 is 0 Å². The molecule has 3 N–H and O–H groups in total. The quantitative estimate of drug-likeness (QED) is 0.539. The highest BCUT2D eigenvalue weighted by atomic mass is 32.1. The van der Waals surface area contributed by atoms with E-state index in [1.165, 1.54) is 16.0 Å². The number of para-hydroxylation sites is 1. The number of amides is 1. The van der Waals surface area contributed by atoms with Crippen molar-refractivity contribution in [3.8, 4) is 0 Å². The molecule has 9 heteroatoms. The van der Waals surface area contributed by atoms with Crippen molar-refractivity contribution in [3.63, 3.8) is 0 Å². The summed E-state index contributed by atoms with van der Waals surface area (Å²) < 4.78 is 1.18. The van der Waals surface area contributed by atoms with E-state index in [1.807, 2.05) is 32.0 Å². The Hall–Kier alpha value is -2.78. The van der Waals surface area contributed by atoms with Gasteiger partial charge in [-0.05, 0) is 31.5 Å². The summed E-state index contributed by atoms with van der Waals surface area (Å²) in [5, 5.41) is 13.2. The van der Waals surface area contributed by atoms with Crippen LogP contribution in [0.25, 0.3) is 20.4 Å². The second-order valence-electron chi connectivity index (χ2n) is 6.97. The molecule has 3 aromatic heterocycles. The maximum absolute atomic E-state index is 12.8. The molecular weight excluding hydrogens is 392 g/mol. The van der Waals surface area contributed by atoms with Gasteiger partial charge in [-0.3, -0.25) is 4.79 Å². The highest BCUT2D eigenvalue weighted by Crippen LogP contribution is 2.35. The molecule has 4 heterocycles. The van der Waals surface area contributed by atoms with Crippen LogP contribution in [0.15, 0.2) is 24.3 Å². The van der Waals surface area contributed by atoms with Crippen molar-refractivity contribution in [1.82, 2.24) is 20.5 Å². The Morgan fingerprint density at radius 2 is 2.00 bits per heavy atom. The third-order valence-electron chi connectivity index (χ3n) is 5.11. The van der Waals surface area contributed by atoms with E-state index in [4.69, 9.17) is 5.73 Å². The molecule has 5 rings (SSSR count). The van der Waals surface area contributed by atoms with Gasteiger partial charge in [0.25, 0.3) is 5.91 Å². The number of fused-ring (bicyclic) bond motifs is 2. The molecule has 1 amide bonds. The Labute approximate surface area is 169 Å². The van der Waals surface area contributed by atoms with Crippen LogP contribution in [0.2, 0.25) is 0 Å². The van der Waals surface area contributed by atoms with Gasteiger partial charge in [0.2, 0.25) is 0 Å². The maximum Gasteiger partial charge on any atom is 0.263 e. The summed E-state index contributed by atoms with van der Waals surface area (Å²) in [6, 6.07) is 8.19. The van der Waals surface area contributed by atoms with Gasteiger partial charge < -0.3 is 16.0 Å². The number of nitrogens with zero attached hydrogens (tertiary/aromatic N) is 4. The lowest BCUT2D eigenvalue weighted by atomic mass is 10.1. The number of carbonyl (C=O) groups is 1. The van der Waals surface area contributed by atoms with E-state index in [0.29, 0.717) is 15.4 Å². The number of anilines is 2. The second-order valence-corrected chi connectivity index (χ2v) is 8.98. The van der Waals surface area contributed by atoms with Crippen LogP contribution in [-0.4, -0.2) is 40.2 Å². The molecule has 1 aromatic carbocycles. The number of aryl methyl sites for hydroxylation is 2. The van der Waals surface area contributed by atoms with E-state index >= 15 is 0 Å². The Kier molecular flexibility index (Phi) is 3.95. The van der Waals surface area contributed by atoms with Crippen LogP contribution in [0, 0.1) is 13.8 Å². The van der Waals surface area contributed by atoms with Crippen molar-refractivity contribution >= 4 is 59.8 Å². The standard InChI is InChI=1S/C19H18N6OS2/c1-9-10(2)23-24-18-14(9)15(20)16(28-18)17(26)21-11-7-25(8-11)19-22-12-5-3-4-6-13(12)27-19/h3-6,11H,7-8,20H2,1-2H3,(H,21,26). The monoisotopic (exact) mass is 410 g/mol. The average Bonchev–Trinajstić information content (AvgIpc) is 3.22. The fourth-order valence-electron chi connectivity index (χ4n) is 3.38. The number of thiazole rings is 1. The number of rotatable bonds is 3. The van der Waals surface area contributed by atoms with Gasteiger partial charge in [-0.25, -0.2) is 4.98 Å². The summed E-state index contributed by atoms with van der Waals surface area (Å²) >= 11 is 2.97. The van der Waals surface area contributed by atoms with Gasteiger partial charge in [0.1, 0.15) is 9.71 Å². The minimum Gasteiger partial charge on any atom is -0.397 e. The zero-order valence-corrected chi connectivity index (χ0v) is 17.0. The second kappa shape index (κ2) is 6.39. The van der Waals surface area contributed by atoms with Crippen molar-refractivity contribution in [2.24, 2.45) is 0 Å². The number of carbonyl (C=O) groups excluding carboxylic acids is 1. The van der Waals surface area contributed by atoms with Crippen LogP contribution in [0.1, 0.15) is 20.9 Å². The first-order chi connectivity index (χ1) is 13.5. The number of hydrogen-bond acceptors (Lipinski definition) is 8. The van der Waals surface area contributed by atoms with Crippen LogP contribution in [-0.2, 0) is 0 Å². The Morgan fingerprint density at radius 3 is 2.79 bits per heavy atom. The molecule has 0 saturated carbocycles. The van der Waals surface area contributed by atoms with Crippen molar-refractivity contribution in [2.45, 2.75) is 19.9 Å². The molecule has 1 saturated heterocycles. The first-order valence-corrected chi connectivity index (χ1v) is 10.6. The molecule has 1 fully saturated rings. The smallest absolute Gasteiger partial charge is 0.263 e. The third kappa shape index (κ3) is 2.70. The minimum atomic E-state index is -0.147. The molecule has 0 bridgehead atoms. The summed E-state index contributed by atoms with van der Waals surface area (Å²) in [4.78, 5) is 20.8. The van der Waals surface area contributed by atoms with Crippen molar-refractivity contribution < 1.29 is 4.79 Å². The molecule has 0 unspecified atom stereocenters. The zero-order valence-electron chi connectivity index (χ0n) is 15.4. The van der Waals surface area contributed by atoms with Crippen molar-refractivity contribution in [2.75, 3.05) is 23.7 Å². The van der Waals surface area contributed by atoms with Gasteiger partial charge in [-0.1, -0.05) is 23.5 Å². The van der Waals surface area contributed by atoms with Gasteiger partial charge >= 0.3 is 0 Å². The first kappa shape index (κ1) is 17.3. The van der Waals surface area contributed by atoms with Gasteiger partial charge in [0.05, 0.1) is 27.6 Å². The minimum absolute atomic E-state index is 0.0815. The van der Waals surface area contributed by atoms with Crippen molar-refractivity contribution in [3.05, 3.63) is 40.4 Å². The topological polar surface area (TPSA) is 97.0 Å². The summed E-state index contributed by atoms with van der Waals surface area (Å²) in [6.45, 7) is 5.34. The molecule has 142 valence electrons. The van der Waals surface area contributed by atoms with Crippen LogP contribution in [0.5, 0.6) is 0 Å². The van der Waals surface area contributed by atoms with Crippen molar-refractivity contribution in [1.29, 1.82) is 0 Å². The molecule has 7 nitrogen and oxygen atoms in total. The Bertz CT molecular complexity index is 1190. The van der Waals surface area contributed by atoms with Gasteiger partial charge in [0, 0.05) is 18.5 Å². The third-order valence-corrected chi connectivity index (χ3v) is 7.30. The molecule has 28 heavy (non-hydrogen) atoms. The SMILES string of the molecule is Cc1nnc2sc(C(=O)NC3CN(c4nc5ccccc5s4)C3)c(N)c2c1C. The number of nitrogen functional groups attached to an aromatic ring is 1. The van der Waals surface area contributed by atoms with Crippen LogP contribution < -0.4 is 16.0 Å².